The molecule has 296 valence electrons. The van der Waals surface area contributed by atoms with Crippen molar-refractivity contribution in [2.24, 2.45) is 0 Å². The Balaban J connectivity index is 1.37. The number of nitrogens with one attached hydrogen (secondary N) is 2. The van der Waals surface area contributed by atoms with Gasteiger partial charge in [-0.3, -0.25) is 9.59 Å². The Morgan fingerprint density at radius 3 is 1.54 bits per heavy atom. The summed E-state index contributed by atoms with van der Waals surface area (Å²) in [5, 5.41) is 6.26. The summed E-state index contributed by atoms with van der Waals surface area (Å²) in [6.07, 6.45) is -9.43. The minimum absolute atomic E-state index is 0.0389. The Morgan fingerprint density at radius 2 is 1.04 bits per heavy atom. The van der Waals surface area contributed by atoms with E-state index in [1.54, 1.807) is 32.0 Å². The minimum Gasteiger partial charge on any atom is -0.350 e. The molecule has 0 saturated heterocycles. The number of rotatable bonds is 10. The van der Waals surface area contributed by atoms with Crippen molar-refractivity contribution in [3.05, 3.63) is 143 Å². The first-order valence-corrected chi connectivity index (χ1v) is 18.2. The smallest absolute Gasteiger partial charge is 0.350 e. The van der Waals surface area contributed by atoms with Crippen LogP contribution in [0.5, 0.6) is 0 Å². The van der Waals surface area contributed by atoms with Crippen LogP contribution in [0.4, 0.5) is 35.1 Å². The molecule has 6 aromatic rings. The third-order valence-electron chi connectivity index (χ3n) is 9.92. The molecule has 0 aromatic heterocycles. The molecule has 0 aliphatic heterocycles. The highest BCUT2D eigenvalue weighted by Gasteiger charge is 2.35. The largest absolute Gasteiger partial charge is 0.417 e. The molecule has 2 amide bonds. The van der Waals surface area contributed by atoms with Crippen molar-refractivity contribution in [2.45, 2.75) is 70.9 Å². The quantitative estimate of drug-likeness (QED) is 0.136. The van der Waals surface area contributed by atoms with Crippen LogP contribution in [0.3, 0.4) is 0 Å². The van der Waals surface area contributed by atoms with Gasteiger partial charge in [0.05, 0.1) is 11.1 Å². The topological polar surface area (TPSA) is 58.2 Å². The third-order valence-corrected chi connectivity index (χ3v) is 9.92. The predicted octanol–water partition coefficient (Wildman–Crippen LogP) is 12.4. The second-order valence-corrected chi connectivity index (χ2v) is 14.4. The number of carbonyl (C=O) groups is 2. The monoisotopic (exact) mass is 790 g/mol. The molecule has 0 aliphatic rings. The lowest BCUT2D eigenvalue weighted by atomic mass is 9.89. The molecule has 57 heavy (non-hydrogen) atoms. The maximum absolute atomic E-state index is 16.3. The highest BCUT2D eigenvalue weighted by Crippen LogP contribution is 2.42. The number of halogens is 8. The van der Waals surface area contributed by atoms with Gasteiger partial charge in [-0.1, -0.05) is 73.7 Å². The molecule has 4 nitrogen and oxygen atoms in total. The Hall–Kier alpha value is -5.78. The van der Waals surface area contributed by atoms with Gasteiger partial charge in [0.25, 0.3) is 17.7 Å². The van der Waals surface area contributed by atoms with Gasteiger partial charge in [-0.05, 0) is 119 Å². The molecular weight excluding hydrogens is 752 g/mol. The molecule has 1 atom stereocenters. The second-order valence-electron chi connectivity index (χ2n) is 14.4. The Morgan fingerprint density at radius 1 is 0.544 bits per heavy atom. The first-order chi connectivity index (χ1) is 26.8. The van der Waals surface area contributed by atoms with Crippen molar-refractivity contribution in [2.75, 3.05) is 0 Å². The standard InChI is InChI=1S/C45H38F8N2O2/c1-5-26(4)55-42(57)29-10-18-36-34(28-8-15-33(16-9-28)44(48,49)50)17-12-31(38(36)22-29)24-43(46,47)32-13-6-27(7-14-32)35-20-21-40(45(51,52)53)39-23-30(11-19-37(35)39)41(56)54-25(2)3/h6-23,25-26H,5,24H2,1-4H3,(H,54,56)(H,55,57). The third kappa shape index (κ3) is 8.80. The number of fused-ring (bicyclic) bond motifs is 2. The van der Waals surface area contributed by atoms with Gasteiger partial charge >= 0.3 is 12.4 Å². The molecule has 0 radical (unpaired) electrons. The van der Waals surface area contributed by atoms with Crippen LogP contribution in [0.1, 0.15) is 77.1 Å². The molecule has 1 unspecified atom stereocenters. The Kier molecular flexibility index (Phi) is 11.2. The molecule has 0 bridgehead atoms. The average Bonchev–Trinajstić information content (AvgIpc) is 3.16. The van der Waals surface area contributed by atoms with E-state index in [4.69, 9.17) is 0 Å². The first-order valence-electron chi connectivity index (χ1n) is 18.2. The molecule has 0 heterocycles. The predicted molar refractivity (Wildman–Crippen MR) is 206 cm³/mol. The summed E-state index contributed by atoms with van der Waals surface area (Å²) in [6, 6.07) is 23.1. The van der Waals surface area contributed by atoms with E-state index in [-0.39, 0.29) is 45.1 Å². The van der Waals surface area contributed by atoms with Crippen molar-refractivity contribution in [3.63, 3.8) is 0 Å². The van der Waals surface area contributed by atoms with Crippen LogP contribution in [0.25, 0.3) is 43.8 Å². The fourth-order valence-electron chi connectivity index (χ4n) is 6.77. The normalized spacial score (nSPS) is 12.9. The van der Waals surface area contributed by atoms with Gasteiger partial charge in [-0.2, -0.15) is 26.3 Å². The van der Waals surface area contributed by atoms with E-state index in [1.165, 1.54) is 72.8 Å². The van der Waals surface area contributed by atoms with Gasteiger partial charge in [-0.15, -0.1) is 0 Å². The molecule has 6 rings (SSSR count). The summed E-state index contributed by atoms with van der Waals surface area (Å²) in [5.74, 6) is -4.42. The lowest BCUT2D eigenvalue weighted by Gasteiger charge is -2.21. The van der Waals surface area contributed by atoms with E-state index >= 15 is 8.78 Å². The minimum atomic E-state index is -4.73. The van der Waals surface area contributed by atoms with E-state index in [9.17, 15) is 35.9 Å². The zero-order chi connectivity index (χ0) is 41.4. The SMILES string of the molecule is CCC(C)NC(=O)c1ccc2c(-c3ccc(C(F)(F)F)cc3)ccc(CC(F)(F)c3ccc(-c4ccc(C(F)(F)F)c5cc(C(=O)NC(C)C)ccc45)cc3)c2c1. The maximum Gasteiger partial charge on any atom is 0.417 e. The zero-order valence-electron chi connectivity index (χ0n) is 31.3. The highest BCUT2D eigenvalue weighted by molar-refractivity contribution is 6.05. The summed E-state index contributed by atoms with van der Waals surface area (Å²) in [7, 11) is 0. The first kappa shape index (κ1) is 40.9. The molecule has 2 N–H and O–H groups in total. The van der Waals surface area contributed by atoms with Gasteiger partial charge in [0.2, 0.25) is 0 Å². The fourth-order valence-corrected chi connectivity index (χ4v) is 6.77. The van der Waals surface area contributed by atoms with Crippen molar-refractivity contribution >= 4 is 33.4 Å². The highest BCUT2D eigenvalue weighted by atomic mass is 19.4. The lowest BCUT2D eigenvalue weighted by Crippen LogP contribution is -2.31. The van der Waals surface area contributed by atoms with Crippen LogP contribution >= 0.6 is 0 Å². The number of hydrogen-bond donors (Lipinski definition) is 2. The van der Waals surface area contributed by atoms with Gasteiger partial charge in [0.15, 0.2) is 0 Å². The Bertz CT molecular complexity index is 2450. The van der Waals surface area contributed by atoms with Crippen molar-refractivity contribution < 1.29 is 44.7 Å². The summed E-state index contributed by atoms with van der Waals surface area (Å²) in [5.41, 5.74) is -0.0959. The number of hydrogen-bond acceptors (Lipinski definition) is 2. The van der Waals surface area contributed by atoms with Gasteiger partial charge in [-0.25, -0.2) is 8.78 Å². The lowest BCUT2D eigenvalue weighted by molar-refractivity contribution is -0.138. The van der Waals surface area contributed by atoms with Crippen LogP contribution in [-0.4, -0.2) is 23.9 Å². The molecule has 6 aromatic carbocycles. The van der Waals surface area contributed by atoms with Crippen molar-refractivity contribution in [3.8, 4) is 22.3 Å². The molecule has 0 aliphatic carbocycles. The number of carbonyl (C=O) groups excluding carboxylic acids is 2. The van der Waals surface area contributed by atoms with Crippen LogP contribution in [-0.2, 0) is 24.7 Å². The summed E-state index contributed by atoms with van der Waals surface area (Å²) in [4.78, 5) is 25.8. The summed E-state index contributed by atoms with van der Waals surface area (Å²) >= 11 is 0. The van der Waals surface area contributed by atoms with Gasteiger partial charge < -0.3 is 10.6 Å². The number of benzene rings is 6. The second kappa shape index (κ2) is 15.6. The van der Waals surface area contributed by atoms with Crippen LogP contribution in [0.2, 0.25) is 0 Å². The average molecular weight is 791 g/mol. The summed E-state index contributed by atoms with van der Waals surface area (Å²) < 4.78 is 115. The van der Waals surface area contributed by atoms with Crippen molar-refractivity contribution in [1.29, 1.82) is 0 Å². The number of alkyl halides is 8. The van der Waals surface area contributed by atoms with Crippen molar-refractivity contribution in [1.82, 2.24) is 10.6 Å². The van der Waals surface area contributed by atoms with E-state index in [0.29, 0.717) is 39.4 Å². The molecule has 0 fully saturated rings. The fraction of sp³-hybridized carbons (Fsp3) is 0.244. The van der Waals surface area contributed by atoms with Crippen LogP contribution in [0.15, 0.2) is 109 Å². The van der Waals surface area contributed by atoms with E-state index in [0.717, 1.165) is 18.2 Å². The zero-order valence-corrected chi connectivity index (χ0v) is 31.3. The molecule has 12 heteroatoms. The number of amides is 2. The maximum atomic E-state index is 16.3. The summed E-state index contributed by atoms with van der Waals surface area (Å²) in [6.45, 7) is 7.17. The van der Waals surface area contributed by atoms with E-state index in [2.05, 4.69) is 10.6 Å². The molecule has 0 saturated carbocycles. The molecular formula is C45H38F8N2O2. The Labute approximate surface area is 323 Å². The van der Waals surface area contributed by atoms with Crippen LogP contribution < -0.4 is 10.6 Å². The van der Waals surface area contributed by atoms with E-state index in [1.807, 2.05) is 13.8 Å². The molecule has 0 spiro atoms. The van der Waals surface area contributed by atoms with Crippen LogP contribution in [0, 0.1) is 0 Å². The van der Waals surface area contributed by atoms with E-state index < -0.39 is 47.6 Å². The van der Waals surface area contributed by atoms with Gasteiger partial charge in [0.1, 0.15) is 0 Å². The van der Waals surface area contributed by atoms with Gasteiger partial charge in [0, 0.05) is 35.2 Å².